The first kappa shape index (κ1) is 14.7. The van der Waals surface area contributed by atoms with E-state index in [4.69, 9.17) is 4.74 Å². The van der Waals surface area contributed by atoms with E-state index in [-0.39, 0.29) is 12.5 Å². The van der Waals surface area contributed by atoms with E-state index in [0.717, 1.165) is 16.1 Å². The number of hydrogen-bond acceptors (Lipinski definition) is 5. The fourth-order valence-corrected chi connectivity index (χ4v) is 2.50. The molecule has 2 aromatic rings. The average molecular weight is 294 g/mol. The Bertz CT molecular complexity index is 524. The van der Waals surface area contributed by atoms with Gasteiger partial charge in [-0.3, -0.25) is 9.89 Å². The molecule has 0 atom stereocenters. The van der Waals surface area contributed by atoms with Crippen LogP contribution in [-0.2, 0) is 16.1 Å². The zero-order chi connectivity index (χ0) is 14.2. The number of nitrogens with one attached hydrogen (secondary N) is 3. The summed E-state index contributed by atoms with van der Waals surface area (Å²) in [6.45, 7) is 1.93. The number of thiophene rings is 1. The molecule has 0 unspecified atom stereocenters. The first-order valence-corrected chi connectivity index (χ1v) is 7.21. The lowest BCUT2D eigenvalue weighted by atomic mass is 10.2. The quantitative estimate of drug-likeness (QED) is 0.634. The van der Waals surface area contributed by atoms with Crippen molar-refractivity contribution in [3.63, 3.8) is 0 Å². The predicted molar refractivity (Wildman–Crippen MR) is 78.5 cm³/mol. The van der Waals surface area contributed by atoms with Crippen LogP contribution in [0.25, 0.3) is 10.6 Å². The number of amides is 1. The lowest BCUT2D eigenvalue weighted by molar-refractivity contribution is -0.120. The molecule has 0 radical (unpaired) electrons. The summed E-state index contributed by atoms with van der Waals surface area (Å²) in [6.07, 6.45) is 1.78. The molecular weight excluding hydrogens is 276 g/mol. The number of aromatic amines is 1. The maximum atomic E-state index is 11.5. The summed E-state index contributed by atoms with van der Waals surface area (Å²) >= 11 is 1.66. The van der Waals surface area contributed by atoms with Crippen molar-refractivity contribution in [2.24, 2.45) is 0 Å². The zero-order valence-electron chi connectivity index (χ0n) is 11.3. The molecule has 0 aliphatic rings. The largest absolute Gasteiger partial charge is 0.383 e. The average Bonchev–Trinajstić information content (AvgIpc) is 3.09. The second kappa shape index (κ2) is 7.78. The van der Waals surface area contributed by atoms with Crippen LogP contribution in [0.5, 0.6) is 0 Å². The van der Waals surface area contributed by atoms with Gasteiger partial charge in [0.15, 0.2) is 0 Å². The van der Waals surface area contributed by atoms with Gasteiger partial charge in [-0.1, -0.05) is 6.07 Å². The molecule has 20 heavy (non-hydrogen) atoms. The minimum Gasteiger partial charge on any atom is -0.383 e. The van der Waals surface area contributed by atoms with Crippen LogP contribution in [0.4, 0.5) is 0 Å². The van der Waals surface area contributed by atoms with Gasteiger partial charge in [-0.2, -0.15) is 5.10 Å². The van der Waals surface area contributed by atoms with Gasteiger partial charge in [0, 0.05) is 25.8 Å². The number of rotatable bonds is 8. The summed E-state index contributed by atoms with van der Waals surface area (Å²) in [6, 6.07) is 4.04. The van der Waals surface area contributed by atoms with Crippen LogP contribution in [0.2, 0.25) is 0 Å². The van der Waals surface area contributed by atoms with E-state index >= 15 is 0 Å². The molecule has 0 saturated carbocycles. The van der Waals surface area contributed by atoms with Crippen molar-refractivity contribution in [1.29, 1.82) is 0 Å². The Balaban J connectivity index is 1.78. The van der Waals surface area contributed by atoms with Crippen LogP contribution < -0.4 is 10.6 Å². The molecule has 6 nitrogen and oxygen atoms in total. The number of H-pyrrole nitrogens is 1. The van der Waals surface area contributed by atoms with Crippen molar-refractivity contribution in [3.8, 4) is 10.6 Å². The number of nitrogens with zero attached hydrogens (tertiary/aromatic N) is 1. The summed E-state index contributed by atoms with van der Waals surface area (Å²) in [5.41, 5.74) is 2.06. The Morgan fingerprint density at radius 2 is 2.45 bits per heavy atom. The molecule has 1 amide bonds. The van der Waals surface area contributed by atoms with Crippen LogP contribution >= 0.6 is 11.3 Å². The molecule has 0 fully saturated rings. The zero-order valence-corrected chi connectivity index (χ0v) is 12.1. The third-order valence-corrected chi connectivity index (χ3v) is 3.60. The molecule has 7 heteroatoms. The normalized spacial score (nSPS) is 10.7. The number of hydrogen-bond donors (Lipinski definition) is 3. The van der Waals surface area contributed by atoms with Crippen LogP contribution in [-0.4, -0.2) is 42.9 Å². The van der Waals surface area contributed by atoms with Gasteiger partial charge >= 0.3 is 0 Å². The number of ether oxygens (including phenoxy) is 1. The second-order valence-electron chi connectivity index (χ2n) is 4.19. The molecular formula is C13H18N4O2S. The summed E-state index contributed by atoms with van der Waals surface area (Å²) in [7, 11) is 1.61. The van der Waals surface area contributed by atoms with Crippen molar-refractivity contribution in [1.82, 2.24) is 20.8 Å². The first-order valence-electron chi connectivity index (χ1n) is 6.33. The molecule has 2 aromatic heterocycles. The van der Waals surface area contributed by atoms with E-state index in [0.29, 0.717) is 19.7 Å². The number of carbonyl (C=O) groups excluding carboxylic acids is 1. The minimum absolute atomic E-state index is 0.0387. The maximum absolute atomic E-state index is 11.5. The van der Waals surface area contributed by atoms with Gasteiger partial charge < -0.3 is 15.4 Å². The van der Waals surface area contributed by atoms with E-state index in [1.807, 2.05) is 17.5 Å². The highest BCUT2D eigenvalue weighted by Gasteiger charge is 2.08. The van der Waals surface area contributed by atoms with Gasteiger partial charge in [0.2, 0.25) is 5.91 Å². The minimum atomic E-state index is -0.0387. The topological polar surface area (TPSA) is 79.0 Å². The Labute approximate surface area is 121 Å². The fourth-order valence-electron chi connectivity index (χ4n) is 1.74. The molecule has 2 heterocycles. The number of aromatic nitrogens is 2. The third-order valence-electron chi connectivity index (χ3n) is 2.71. The first-order chi connectivity index (χ1) is 9.81. The van der Waals surface area contributed by atoms with Crippen LogP contribution in [0.3, 0.4) is 0 Å². The molecule has 0 bridgehead atoms. The SMILES string of the molecule is COCCNC(=O)CNCc1cn[nH]c1-c1cccs1. The number of carbonyl (C=O) groups is 1. The summed E-state index contributed by atoms with van der Waals surface area (Å²) in [5.74, 6) is -0.0387. The highest BCUT2D eigenvalue weighted by atomic mass is 32.1. The fraction of sp³-hybridized carbons (Fsp3) is 0.385. The van der Waals surface area contributed by atoms with Gasteiger partial charge in [0.25, 0.3) is 0 Å². The molecule has 108 valence electrons. The smallest absolute Gasteiger partial charge is 0.234 e. The molecule has 0 saturated heterocycles. The van der Waals surface area contributed by atoms with Gasteiger partial charge in [0.05, 0.1) is 29.9 Å². The Morgan fingerprint density at radius 1 is 1.55 bits per heavy atom. The lowest BCUT2D eigenvalue weighted by Gasteiger charge is -2.06. The summed E-state index contributed by atoms with van der Waals surface area (Å²) in [4.78, 5) is 12.7. The molecule has 0 aliphatic heterocycles. The predicted octanol–water partition coefficient (Wildman–Crippen LogP) is 0.990. The highest BCUT2D eigenvalue weighted by molar-refractivity contribution is 7.13. The van der Waals surface area contributed by atoms with E-state index in [9.17, 15) is 4.79 Å². The van der Waals surface area contributed by atoms with Crippen LogP contribution in [0.1, 0.15) is 5.56 Å². The standard InChI is InChI=1S/C13H18N4O2S/c1-19-5-4-15-12(18)9-14-7-10-8-16-17-13(10)11-3-2-6-20-11/h2-3,6,8,14H,4-5,7,9H2,1H3,(H,15,18)(H,16,17). The maximum Gasteiger partial charge on any atom is 0.234 e. The van der Waals surface area contributed by atoms with Crippen molar-refractivity contribution < 1.29 is 9.53 Å². The van der Waals surface area contributed by atoms with Gasteiger partial charge in [-0.25, -0.2) is 0 Å². The molecule has 0 spiro atoms. The van der Waals surface area contributed by atoms with Gasteiger partial charge in [-0.15, -0.1) is 11.3 Å². The highest BCUT2D eigenvalue weighted by Crippen LogP contribution is 2.25. The van der Waals surface area contributed by atoms with E-state index in [1.54, 1.807) is 24.6 Å². The van der Waals surface area contributed by atoms with E-state index in [2.05, 4.69) is 20.8 Å². The van der Waals surface area contributed by atoms with Crippen molar-refractivity contribution >= 4 is 17.2 Å². The van der Waals surface area contributed by atoms with Gasteiger partial charge in [-0.05, 0) is 11.4 Å². The monoisotopic (exact) mass is 294 g/mol. The van der Waals surface area contributed by atoms with E-state index < -0.39 is 0 Å². The number of methoxy groups -OCH3 is 1. The Hall–Kier alpha value is -1.70. The van der Waals surface area contributed by atoms with E-state index in [1.165, 1.54) is 0 Å². The Kier molecular flexibility index (Phi) is 5.72. The molecule has 0 aromatic carbocycles. The Morgan fingerprint density at radius 3 is 3.20 bits per heavy atom. The third kappa shape index (κ3) is 4.16. The molecule has 3 N–H and O–H groups in total. The summed E-state index contributed by atoms with van der Waals surface area (Å²) in [5, 5.41) is 14.9. The van der Waals surface area contributed by atoms with Crippen molar-refractivity contribution in [3.05, 3.63) is 29.3 Å². The van der Waals surface area contributed by atoms with Crippen molar-refractivity contribution in [2.75, 3.05) is 26.8 Å². The molecule has 2 rings (SSSR count). The van der Waals surface area contributed by atoms with Crippen LogP contribution in [0, 0.1) is 0 Å². The van der Waals surface area contributed by atoms with Crippen LogP contribution in [0.15, 0.2) is 23.7 Å². The molecule has 0 aliphatic carbocycles. The van der Waals surface area contributed by atoms with Gasteiger partial charge in [0.1, 0.15) is 0 Å². The van der Waals surface area contributed by atoms with Crippen molar-refractivity contribution in [2.45, 2.75) is 6.54 Å². The second-order valence-corrected chi connectivity index (χ2v) is 5.14. The lowest BCUT2D eigenvalue weighted by Crippen LogP contribution is -2.35. The summed E-state index contributed by atoms with van der Waals surface area (Å²) < 4.78 is 4.87.